The third kappa shape index (κ3) is 5.57. The van der Waals surface area contributed by atoms with Gasteiger partial charge in [0, 0.05) is 32.0 Å². The third-order valence-electron chi connectivity index (χ3n) is 4.65. The van der Waals surface area contributed by atoms with Gasteiger partial charge in [0.05, 0.1) is 6.42 Å². The van der Waals surface area contributed by atoms with Crippen LogP contribution in [-0.2, 0) is 17.8 Å². The highest BCUT2D eigenvalue weighted by molar-refractivity contribution is 5.78. The van der Waals surface area contributed by atoms with Crippen LogP contribution in [0, 0.1) is 5.92 Å². The van der Waals surface area contributed by atoms with Crippen LogP contribution in [-0.4, -0.2) is 40.5 Å². The van der Waals surface area contributed by atoms with E-state index >= 15 is 0 Å². The van der Waals surface area contributed by atoms with Gasteiger partial charge in [0.15, 0.2) is 0 Å². The molecule has 1 aromatic heterocycles. The molecule has 1 aromatic carbocycles. The summed E-state index contributed by atoms with van der Waals surface area (Å²) in [5.41, 5.74) is 2.20. The standard InChI is InChI=1S/C20H25N3O2/c24-19-5-3-16(4-6-19)12-20(25)22-13-18-2-1-11-23(15-18)14-17-7-9-21-10-8-17/h3-10,18,24H,1-2,11-15H2,(H,22,25)/t18-/m0/s1. The van der Waals surface area contributed by atoms with E-state index in [1.54, 1.807) is 24.3 Å². The van der Waals surface area contributed by atoms with E-state index < -0.39 is 0 Å². The van der Waals surface area contributed by atoms with Crippen molar-refractivity contribution in [3.05, 3.63) is 59.9 Å². The fourth-order valence-corrected chi connectivity index (χ4v) is 3.33. The number of piperidine rings is 1. The molecular weight excluding hydrogens is 314 g/mol. The first-order valence-corrected chi connectivity index (χ1v) is 8.85. The summed E-state index contributed by atoms with van der Waals surface area (Å²) in [4.78, 5) is 18.6. The van der Waals surface area contributed by atoms with Gasteiger partial charge in [-0.1, -0.05) is 12.1 Å². The summed E-state index contributed by atoms with van der Waals surface area (Å²) >= 11 is 0. The average molecular weight is 339 g/mol. The second-order valence-corrected chi connectivity index (χ2v) is 6.75. The molecule has 0 aliphatic carbocycles. The number of likely N-dealkylation sites (tertiary alicyclic amines) is 1. The molecule has 2 heterocycles. The number of benzene rings is 1. The van der Waals surface area contributed by atoms with E-state index in [0.717, 1.165) is 38.2 Å². The second-order valence-electron chi connectivity index (χ2n) is 6.75. The molecular formula is C20H25N3O2. The van der Waals surface area contributed by atoms with Crippen LogP contribution in [0.25, 0.3) is 0 Å². The van der Waals surface area contributed by atoms with E-state index in [4.69, 9.17) is 0 Å². The maximum Gasteiger partial charge on any atom is 0.224 e. The highest BCUT2D eigenvalue weighted by Gasteiger charge is 2.20. The number of aromatic hydroxyl groups is 1. The molecule has 1 fully saturated rings. The minimum atomic E-state index is 0.0388. The molecule has 0 radical (unpaired) electrons. The Kier molecular flexibility index (Phi) is 6.01. The molecule has 2 N–H and O–H groups in total. The Morgan fingerprint density at radius 2 is 1.92 bits per heavy atom. The monoisotopic (exact) mass is 339 g/mol. The smallest absolute Gasteiger partial charge is 0.224 e. The zero-order valence-electron chi connectivity index (χ0n) is 14.4. The van der Waals surface area contributed by atoms with E-state index in [1.807, 2.05) is 12.4 Å². The number of pyridine rings is 1. The predicted molar refractivity (Wildman–Crippen MR) is 97.1 cm³/mol. The summed E-state index contributed by atoms with van der Waals surface area (Å²) in [6.07, 6.45) is 6.35. The number of amides is 1. The van der Waals surface area contributed by atoms with Crippen LogP contribution in [0.2, 0.25) is 0 Å². The summed E-state index contributed by atoms with van der Waals surface area (Å²) in [6.45, 7) is 3.80. The van der Waals surface area contributed by atoms with Crippen molar-refractivity contribution in [2.24, 2.45) is 5.92 Å². The normalized spacial score (nSPS) is 18.0. The van der Waals surface area contributed by atoms with Crippen molar-refractivity contribution in [2.75, 3.05) is 19.6 Å². The molecule has 132 valence electrons. The summed E-state index contributed by atoms with van der Waals surface area (Å²) in [5.74, 6) is 0.761. The molecule has 2 aromatic rings. The highest BCUT2D eigenvalue weighted by Crippen LogP contribution is 2.18. The Bertz CT molecular complexity index is 673. The first-order chi connectivity index (χ1) is 12.2. The molecule has 1 atom stereocenters. The quantitative estimate of drug-likeness (QED) is 0.848. The van der Waals surface area contributed by atoms with Crippen molar-refractivity contribution >= 4 is 5.91 Å². The molecule has 5 nitrogen and oxygen atoms in total. The SMILES string of the molecule is O=C(Cc1ccc(O)cc1)NC[C@@H]1CCCN(Cc2ccncc2)C1. The van der Waals surface area contributed by atoms with Crippen LogP contribution >= 0.6 is 0 Å². The fourth-order valence-electron chi connectivity index (χ4n) is 3.33. The van der Waals surface area contributed by atoms with Gasteiger partial charge in [0.1, 0.15) is 5.75 Å². The predicted octanol–water partition coefficient (Wildman–Crippen LogP) is 2.36. The fraction of sp³-hybridized carbons (Fsp3) is 0.400. The van der Waals surface area contributed by atoms with E-state index in [-0.39, 0.29) is 11.7 Å². The lowest BCUT2D eigenvalue weighted by Gasteiger charge is -2.32. The number of hydrogen-bond acceptors (Lipinski definition) is 4. The van der Waals surface area contributed by atoms with Gasteiger partial charge in [0.2, 0.25) is 5.91 Å². The first-order valence-electron chi connectivity index (χ1n) is 8.85. The molecule has 1 aliphatic rings. The van der Waals surface area contributed by atoms with Crippen molar-refractivity contribution < 1.29 is 9.90 Å². The van der Waals surface area contributed by atoms with Crippen LogP contribution < -0.4 is 5.32 Å². The number of phenolic OH excluding ortho intramolecular Hbond substituents is 1. The average Bonchev–Trinajstić information content (AvgIpc) is 2.63. The lowest BCUT2D eigenvalue weighted by atomic mass is 9.97. The van der Waals surface area contributed by atoms with Crippen LogP contribution in [0.3, 0.4) is 0 Å². The van der Waals surface area contributed by atoms with Crippen molar-refractivity contribution in [1.29, 1.82) is 0 Å². The maximum absolute atomic E-state index is 12.1. The molecule has 1 saturated heterocycles. The van der Waals surface area contributed by atoms with Gasteiger partial charge in [-0.25, -0.2) is 0 Å². The topological polar surface area (TPSA) is 65.5 Å². The molecule has 25 heavy (non-hydrogen) atoms. The van der Waals surface area contributed by atoms with Crippen molar-refractivity contribution in [3.63, 3.8) is 0 Å². The lowest BCUT2D eigenvalue weighted by Crippen LogP contribution is -2.40. The molecule has 1 aliphatic heterocycles. The van der Waals surface area contributed by atoms with Gasteiger partial charge in [-0.2, -0.15) is 0 Å². The molecule has 3 rings (SSSR count). The zero-order chi connectivity index (χ0) is 17.5. The van der Waals surface area contributed by atoms with Gasteiger partial charge in [0.25, 0.3) is 0 Å². The van der Waals surface area contributed by atoms with Crippen molar-refractivity contribution in [3.8, 4) is 5.75 Å². The number of rotatable bonds is 6. The number of phenols is 1. The summed E-state index contributed by atoms with van der Waals surface area (Å²) in [6, 6.07) is 10.9. The number of carbonyl (C=O) groups is 1. The maximum atomic E-state index is 12.1. The Hall–Kier alpha value is -2.40. The van der Waals surface area contributed by atoms with E-state index in [2.05, 4.69) is 27.3 Å². The molecule has 0 bridgehead atoms. The Morgan fingerprint density at radius 3 is 2.68 bits per heavy atom. The number of carbonyl (C=O) groups excluding carboxylic acids is 1. The van der Waals surface area contributed by atoms with E-state index in [1.165, 1.54) is 12.0 Å². The van der Waals surface area contributed by atoms with Crippen LogP contribution in [0.4, 0.5) is 0 Å². The molecule has 1 amide bonds. The largest absolute Gasteiger partial charge is 0.508 e. The molecule has 5 heteroatoms. The molecule has 0 spiro atoms. The van der Waals surface area contributed by atoms with Gasteiger partial charge in [-0.3, -0.25) is 14.7 Å². The summed E-state index contributed by atoms with van der Waals surface area (Å²) < 4.78 is 0. The van der Waals surface area contributed by atoms with Gasteiger partial charge in [-0.15, -0.1) is 0 Å². The number of hydrogen-bond donors (Lipinski definition) is 2. The third-order valence-corrected chi connectivity index (χ3v) is 4.65. The minimum Gasteiger partial charge on any atom is -0.508 e. The molecule has 0 unspecified atom stereocenters. The van der Waals surface area contributed by atoms with E-state index in [9.17, 15) is 9.90 Å². The number of aromatic nitrogens is 1. The number of nitrogens with one attached hydrogen (secondary N) is 1. The van der Waals surface area contributed by atoms with Crippen LogP contribution in [0.5, 0.6) is 5.75 Å². The van der Waals surface area contributed by atoms with Crippen molar-refractivity contribution in [2.45, 2.75) is 25.8 Å². The van der Waals surface area contributed by atoms with Crippen LogP contribution in [0.15, 0.2) is 48.8 Å². The van der Waals surface area contributed by atoms with Gasteiger partial charge >= 0.3 is 0 Å². The zero-order valence-corrected chi connectivity index (χ0v) is 14.4. The Labute approximate surface area is 148 Å². The Balaban J connectivity index is 1.43. The summed E-state index contributed by atoms with van der Waals surface area (Å²) in [7, 11) is 0. The second kappa shape index (κ2) is 8.62. The molecule has 0 saturated carbocycles. The van der Waals surface area contributed by atoms with Gasteiger partial charge < -0.3 is 10.4 Å². The van der Waals surface area contributed by atoms with E-state index in [0.29, 0.717) is 12.3 Å². The highest BCUT2D eigenvalue weighted by atomic mass is 16.3. The van der Waals surface area contributed by atoms with Crippen molar-refractivity contribution in [1.82, 2.24) is 15.2 Å². The first kappa shape index (κ1) is 17.4. The minimum absolute atomic E-state index is 0.0388. The van der Waals surface area contributed by atoms with Gasteiger partial charge in [-0.05, 0) is 60.7 Å². The number of nitrogens with zero attached hydrogens (tertiary/aromatic N) is 2. The Morgan fingerprint density at radius 1 is 1.16 bits per heavy atom. The summed E-state index contributed by atoms with van der Waals surface area (Å²) in [5, 5.41) is 12.3. The van der Waals surface area contributed by atoms with Crippen LogP contribution in [0.1, 0.15) is 24.0 Å². The lowest BCUT2D eigenvalue weighted by molar-refractivity contribution is -0.120.